The number of carbonyl (C=O) groups excluding carboxylic acids is 6. The number of carbonyl (C=O) groups is 6. The second kappa shape index (κ2) is 13.4. The zero-order valence-electron chi connectivity index (χ0n) is 22.7. The Bertz CT molecular complexity index is 1390. The van der Waals surface area contributed by atoms with Crippen molar-refractivity contribution in [3.05, 3.63) is 59.7 Å². The number of thioether (sulfide) groups is 2. The fourth-order valence-corrected chi connectivity index (χ4v) is 7.40. The van der Waals surface area contributed by atoms with Gasteiger partial charge in [-0.25, -0.2) is 0 Å². The van der Waals surface area contributed by atoms with Crippen molar-refractivity contribution in [2.45, 2.75) is 49.4 Å². The van der Waals surface area contributed by atoms with E-state index < -0.39 is 51.1 Å². The first-order valence-corrected chi connectivity index (χ1v) is 14.0. The van der Waals surface area contributed by atoms with E-state index in [0.29, 0.717) is 0 Å². The van der Waals surface area contributed by atoms with Gasteiger partial charge < -0.3 is 29.6 Å². The van der Waals surface area contributed by atoms with Gasteiger partial charge >= 0.3 is 41.5 Å². The quantitative estimate of drug-likeness (QED) is 0.144. The van der Waals surface area contributed by atoms with Gasteiger partial charge in [0.15, 0.2) is 11.5 Å². The number of β-lactam (4-membered cyclic amide) rings is 1. The predicted octanol–water partition coefficient (Wildman–Crippen LogP) is -2.07. The number of nitrogens with one attached hydrogen (secondary N) is 1. The summed E-state index contributed by atoms with van der Waals surface area (Å²) in [4.78, 5) is 74.6. The van der Waals surface area contributed by atoms with Crippen molar-refractivity contribution in [3.8, 4) is 11.5 Å². The molecule has 2 fully saturated rings. The number of fused-ring (bicyclic) bond motifs is 1. The fourth-order valence-electron chi connectivity index (χ4n) is 4.54. The molecular weight excluding hydrogens is 583 g/mol. The third-order valence-corrected chi connectivity index (χ3v) is 9.32. The SMILES string of the molecule is CC(=O)Oc1ccc(C(=O)SC[C@]2(C)S[C@@H]3[C@H](NC(=O)Cc4ccccc4)C(=O)N3[C@H]2C(=O)[O-])cc1OC(C)=O.[Na+]. The van der Waals surface area contributed by atoms with Crippen LogP contribution in [0.15, 0.2) is 48.5 Å². The summed E-state index contributed by atoms with van der Waals surface area (Å²) >= 11 is 2.01. The van der Waals surface area contributed by atoms with E-state index >= 15 is 0 Å². The van der Waals surface area contributed by atoms with Crippen LogP contribution in [0.2, 0.25) is 0 Å². The van der Waals surface area contributed by atoms with Gasteiger partial charge in [-0.2, -0.15) is 0 Å². The second-order valence-electron chi connectivity index (χ2n) is 9.42. The third kappa shape index (κ3) is 7.33. The summed E-state index contributed by atoms with van der Waals surface area (Å²) in [6.07, 6.45) is 0.0686. The summed E-state index contributed by atoms with van der Waals surface area (Å²) in [6.45, 7) is 3.95. The van der Waals surface area contributed by atoms with Gasteiger partial charge in [0, 0.05) is 25.2 Å². The fraction of sp³-hybridized carbons (Fsp3) is 0.333. The summed E-state index contributed by atoms with van der Waals surface area (Å²) in [5, 5.41) is 13.7. The molecule has 0 radical (unpaired) electrons. The van der Waals surface area contributed by atoms with Gasteiger partial charge in [0.05, 0.1) is 23.2 Å². The minimum atomic E-state index is -1.46. The van der Waals surface area contributed by atoms with Crippen LogP contribution in [0.1, 0.15) is 36.7 Å². The molecule has 2 amide bonds. The number of hydrogen-bond donors (Lipinski definition) is 1. The first-order valence-electron chi connectivity index (χ1n) is 12.1. The number of esters is 2. The summed E-state index contributed by atoms with van der Waals surface area (Å²) in [5.41, 5.74) is 0.895. The maximum absolute atomic E-state index is 13.0. The van der Waals surface area contributed by atoms with Crippen molar-refractivity contribution < 1.29 is 72.9 Å². The number of benzene rings is 2. The molecule has 0 unspecified atom stereocenters. The minimum Gasteiger partial charge on any atom is -0.548 e. The van der Waals surface area contributed by atoms with E-state index in [9.17, 15) is 33.9 Å². The van der Waals surface area contributed by atoms with E-state index in [1.54, 1.807) is 31.2 Å². The number of aliphatic carboxylic acids is 1. The Morgan fingerprint density at radius 3 is 2.27 bits per heavy atom. The summed E-state index contributed by atoms with van der Waals surface area (Å²) in [6, 6.07) is 10.7. The van der Waals surface area contributed by atoms with Gasteiger partial charge in [-0.15, -0.1) is 11.8 Å². The first-order chi connectivity index (χ1) is 18.9. The number of rotatable bonds is 9. The number of amides is 2. The molecule has 0 bridgehead atoms. The molecule has 41 heavy (non-hydrogen) atoms. The van der Waals surface area contributed by atoms with Crippen LogP contribution in [0.25, 0.3) is 0 Å². The maximum atomic E-state index is 13.0. The normalized spacial score (nSPS) is 22.5. The van der Waals surface area contributed by atoms with Crippen LogP contribution in [-0.2, 0) is 30.4 Å². The van der Waals surface area contributed by atoms with Crippen molar-refractivity contribution in [2.24, 2.45) is 0 Å². The van der Waals surface area contributed by atoms with Crippen LogP contribution < -0.4 is 49.5 Å². The van der Waals surface area contributed by atoms with Crippen LogP contribution in [0.3, 0.4) is 0 Å². The molecule has 2 aromatic rings. The van der Waals surface area contributed by atoms with E-state index in [4.69, 9.17) is 9.47 Å². The Morgan fingerprint density at radius 1 is 1.02 bits per heavy atom. The second-order valence-corrected chi connectivity index (χ2v) is 12.0. The number of carboxylic acid groups (broad SMARTS) is 1. The van der Waals surface area contributed by atoms with E-state index in [2.05, 4.69) is 5.32 Å². The van der Waals surface area contributed by atoms with Crippen molar-refractivity contribution in [1.82, 2.24) is 10.2 Å². The van der Waals surface area contributed by atoms with E-state index in [-0.39, 0.29) is 64.7 Å². The number of hydrogen-bond acceptors (Lipinski definition) is 11. The molecule has 4 rings (SSSR count). The molecule has 2 aliphatic rings. The Hall–Kier alpha value is -2.84. The van der Waals surface area contributed by atoms with E-state index in [1.807, 2.05) is 6.07 Å². The zero-order chi connectivity index (χ0) is 29.2. The molecular formula is C27H25N2NaO9S2. The van der Waals surface area contributed by atoms with Crippen LogP contribution >= 0.6 is 23.5 Å². The van der Waals surface area contributed by atoms with Gasteiger partial charge in [-0.1, -0.05) is 42.1 Å². The third-order valence-electron chi connectivity index (χ3n) is 6.25. The van der Waals surface area contributed by atoms with Gasteiger partial charge in [-0.05, 0) is 30.7 Å². The summed E-state index contributed by atoms with van der Waals surface area (Å²) in [5.74, 6) is -3.85. The summed E-state index contributed by atoms with van der Waals surface area (Å²) in [7, 11) is 0. The van der Waals surface area contributed by atoms with Crippen LogP contribution in [-0.4, -0.2) is 67.7 Å². The van der Waals surface area contributed by atoms with Crippen LogP contribution in [0.4, 0.5) is 0 Å². The van der Waals surface area contributed by atoms with Gasteiger partial charge in [-0.3, -0.25) is 24.0 Å². The molecule has 1 N–H and O–H groups in total. The molecule has 0 aromatic heterocycles. The van der Waals surface area contributed by atoms with Crippen LogP contribution in [0.5, 0.6) is 11.5 Å². The number of carboxylic acids is 1. The smallest absolute Gasteiger partial charge is 0.548 e. The Morgan fingerprint density at radius 2 is 1.66 bits per heavy atom. The zero-order valence-corrected chi connectivity index (χ0v) is 26.3. The number of ether oxygens (including phenoxy) is 2. The molecule has 0 saturated carbocycles. The van der Waals surface area contributed by atoms with Crippen molar-refractivity contribution in [2.75, 3.05) is 5.75 Å². The van der Waals surface area contributed by atoms with E-state index in [0.717, 1.165) is 24.2 Å². The van der Waals surface area contributed by atoms with Crippen molar-refractivity contribution in [1.29, 1.82) is 0 Å². The predicted molar refractivity (Wildman–Crippen MR) is 143 cm³/mol. The molecule has 14 heteroatoms. The molecule has 4 atom stereocenters. The van der Waals surface area contributed by atoms with E-state index in [1.165, 1.54) is 41.8 Å². The van der Waals surface area contributed by atoms with Gasteiger partial charge in [0.25, 0.3) is 0 Å². The average Bonchev–Trinajstić information content (AvgIpc) is 3.17. The monoisotopic (exact) mass is 608 g/mol. The molecule has 0 spiro atoms. The molecule has 11 nitrogen and oxygen atoms in total. The molecule has 2 saturated heterocycles. The van der Waals surface area contributed by atoms with Crippen molar-refractivity contribution in [3.63, 3.8) is 0 Å². The molecule has 2 aromatic carbocycles. The van der Waals surface area contributed by atoms with Crippen LogP contribution in [0, 0.1) is 0 Å². The van der Waals surface area contributed by atoms with Crippen molar-refractivity contribution >= 4 is 58.4 Å². The largest absolute Gasteiger partial charge is 1.00 e. The molecule has 0 aliphatic carbocycles. The topological polar surface area (TPSA) is 159 Å². The first kappa shape index (κ1) is 32.7. The Kier molecular flexibility index (Phi) is 10.7. The Balaban J connectivity index is 0.00000462. The molecule has 210 valence electrons. The molecule has 2 heterocycles. The average molecular weight is 609 g/mol. The maximum Gasteiger partial charge on any atom is 1.00 e. The standard InChI is InChI=1S/C27H26N2O9S2.Na/c1-14(30)37-18-10-9-17(12-19(18)38-15(2)31)26(36)39-13-27(3)22(25(34)35)29-23(33)21(24(29)40-27)28-20(32)11-16-7-5-4-6-8-16;/h4-10,12,21-22,24H,11,13H2,1-3H3,(H,28,32)(H,34,35);/q;+1/p-1/t21-,22+,24-,27+;/m1./s1. The van der Waals surface area contributed by atoms with Gasteiger partial charge in [0.1, 0.15) is 11.4 Å². The summed E-state index contributed by atoms with van der Waals surface area (Å²) < 4.78 is 8.96. The van der Waals surface area contributed by atoms with Gasteiger partial charge in [0.2, 0.25) is 16.9 Å². The minimum absolute atomic E-state index is 0. The number of nitrogens with zero attached hydrogens (tertiary/aromatic N) is 1. The Labute approximate surface area is 266 Å². The molecule has 2 aliphatic heterocycles.